The molecule has 0 amide bonds. The Morgan fingerprint density at radius 3 is 2.76 bits per heavy atom. The monoisotopic (exact) mass is 277 g/mol. The van der Waals surface area contributed by atoms with Crippen LogP contribution in [0.5, 0.6) is 0 Å². The van der Waals surface area contributed by atoms with Gasteiger partial charge in [0, 0.05) is 20.2 Å². The predicted molar refractivity (Wildman–Crippen MR) is 70.9 cm³/mol. The molecule has 0 heterocycles. The van der Waals surface area contributed by atoms with Gasteiger partial charge in [0.05, 0.1) is 29.9 Å². The minimum Gasteiger partial charge on any atom is -0.382 e. The fourth-order valence-electron chi connectivity index (χ4n) is 1.30. The molecule has 0 radical (unpaired) electrons. The van der Waals surface area contributed by atoms with Crippen molar-refractivity contribution in [2.75, 3.05) is 33.5 Å². The zero-order valence-corrected chi connectivity index (χ0v) is 11.4. The van der Waals surface area contributed by atoms with Crippen molar-refractivity contribution in [1.82, 2.24) is 5.32 Å². The normalized spacial score (nSPS) is 10.8. The lowest BCUT2D eigenvalue weighted by Gasteiger charge is -2.08. The number of hydrogen-bond donors (Lipinski definition) is 1. The van der Waals surface area contributed by atoms with Crippen molar-refractivity contribution in [3.63, 3.8) is 0 Å². The smallest absolute Gasteiger partial charge is 0.0700 e. The van der Waals surface area contributed by atoms with Crippen molar-refractivity contribution in [1.29, 1.82) is 0 Å². The molecule has 0 fully saturated rings. The van der Waals surface area contributed by atoms with Crippen LogP contribution in [0.2, 0.25) is 10.0 Å². The van der Waals surface area contributed by atoms with Crippen LogP contribution in [0.3, 0.4) is 0 Å². The molecule has 0 atom stereocenters. The maximum absolute atomic E-state index is 6.05. The molecule has 0 saturated heterocycles. The van der Waals surface area contributed by atoms with E-state index in [-0.39, 0.29) is 0 Å². The lowest BCUT2D eigenvalue weighted by molar-refractivity contribution is 0.0719. The van der Waals surface area contributed by atoms with Gasteiger partial charge in [-0.05, 0) is 11.6 Å². The van der Waals surface area contributed by atoms with Gasteiger partial charge in [0.15, 0.2) is 0 Å². The molecule has 0 aliphatic carbocycles. The van der Waals surface area contributed by atoms with E-state index in [1.54, 1.807) is 13.2 Å². The molecule has 0 aliphatic heterocycles. The Morgan fingerprint density at radius 2 is 2.00 bits per heavy atom. The number of rotatable bonds is 8. The molecule has 0 spiro atoms. The molecule has 1 aromatic rings. The van der Waals surface area contributed by atoms with Gasteiger partial charge >= 0.3 is 0 Å². The molecule has 17 heavy (non-hydrogen) atoms. The Balaban J connectivity index is 2.16. The first-order valence-corrected chi connectivity index (χ1v) is 6.21. The van der Waals surface area contributed by atoms with Crippen molar-refractivity contribution >= 4 is 23.2 Å². The second kappa shape index (κ2) is 8.72. The van der Waals surface area contributed by atoms with Crippen molar-refractivity contribution in [2.45, 2.75) is 6.54 Å². The lowest BCUT2D eigenvalue weighted by Crippen LogP contribution is -2.20. The zero-order chi connectivity index (χ0) is 12.5. The summed E-state index contributed by atoms with van der Waals surface area (Å²) in [5.41, 5.74) is 0.996. The molecule has 3 nitrogen and oxygen atoms in total. The molecule has 96 valence electrons. The number of methoxy groups -OCH3 is 1. The van der Waals surface area contributed by atoms with Gasteiger partial charge in [0.25, 0.3) is 0 Å². The summed E-state index contributed by atoms with van der Waals surface area (Å²) >= 11 is 12.0. The van der Waals surface area contributed by atoms with E-state index in [0.717, 1.165) is 12.1 Å². The second-order valence-electron chi connectivity index (χ2n) is 3.49. The Morgan fingerprint density at radius 1 is 1.18 bits per heavy atom. The predicted octanol–water partition coefficient (Wildman–Crippen LogP) is 2.75. The van der Waals surface area contributed by atoms with Crippen molar-refractivity contribution in [3.8, 4) is 0 Å². The lowest BCUT2D eigenvalue weighted by atomic mass is 10.2. The summed E-state index contributed by atoms with van der Waals surface area (Å²) in [7, 11) is 1.66. The third kappa shape index (κ3) is 5.70. The highest BCUT2D eigenvalue weighted by molar-refractivity contribution is 6.42. The van der Waals surface area contributed by atoms with Gasteiger partial charge < -0.3 is 14.8 Å². The van der Waals surface area contributed by atoms with E-state index in [4.69, 9.17) is 32.7 Å². The Kier molecular flexibility index (Phi) is 7.56. The Hall–Kier alpha value is -0.320. The van der Waals surface area contributed by atoms with Gasteiger partial charge in [-0.25, -0.2) is 0 Å². The van der Waals surface area contributed by atoms with E-state index in [0.29, 0.717) is 36.4 Å². The van der Waals surface area contributed by atoms with Crippen LogP contribution in [0.25, 0.3) is 0 Å². The highest BCUT2D eigenvalue weighted by Crippen LogP contribution is 2.25. The average Bonchev–Trinajstić information content (AvgIpc) is 2.33. The molecule has 1 N–H and O–H groups in total. The third-order valence-corrected chi connectivity index (χ3v) is 3.06. The molecule has 0 bridgehead atoms. The zero-order valence-electron chi connectivity index (χ0n) is 9.84. The topological polar surface area (TPSA) is 30.5 Å². The van der Waals surface area contributed by atoms with Crippen LogP contribution >= 0.6 is 23.2 Å². The highest BCUT2D eigenvalue weighted by Gasteiger charge is 2.02. The van der Waals surface area contributed by atoms with Crippen LogP contribution in [-0.2, 0) is 16.0 Å². The first-order chi connectivity index (χ1) is 8.25. The average molecular weight is 278 g/mol. The van der Waals surface area contributed by atoms with E-state index in [1.165, 1.54) is 0 Å². The fourth-order valence-corrected chi connectivity index (χ4v) is 1.68. The van der Waals surface area contributed by atoms with Gasteiger partial charge in [-0.2, -0.15) is 0 Å². The summed E-state index contributed by atoms with van der Waals surface area (Å²) in [5, 5.41) is 4.44. The largest absolute Gasteiger partial charge is 0.382 e. The minimum atomic E-state index is 0.585. The number of halogens is 2. The van der Waals surface area contributed by atoms with Gasteiger partial charge in [-0.15, -0.1) is 0 Å². The van der Waals surface area contributed by atoms with Gasteiger partial charge in [0.2, 0.25) is 0 Å². The van der Waals surface area contributed by atoms with Crippen LogP contribution < -0.4 is 5.32 Å². The third-order valence-electron chi connectivity index (χ3n) is 2.20. The molecule has 0 aromatic heterocycles. The van der Waals surface area contributed by atoms with Crippen molar-refractivity contribution in [2.24, 2.45) is 0 Å². The molecule has 0 aliphatic rings. The number of ether oxygens (including phenoxy) is 2. The number of benzene rings is 1. The molecular formula is C12H17Cl2NO2. The fraction of sp³-hybridized carbons (Fsp3) is 0.500. The highest BCUT2D eigenvalue weighted by atomic mass is 35.5. The summed E-state index contributed by atoms with van der Waals surface area (Å²) in [6, 6.07) is 5.62. The maximum Gasteiger partial charge on any atom is 0.0700 e. The molecule has 1 aromatic carbocycles. The quantitative estimate of drug-likeness (QED) is 0.742. The summed E-state index contributed by atoms with van der Waals surface area (Å²) in [6.07, 6.45) is 0. The maximum atomic E-state index is 6.05. The molecule has 5 heteroatoms. The van der Waals surface area contributed by atoms with Crippen molar-refractivity contribution < 1.29 is 9.47 Å². The van der Waals surface area contributed by atoms with Crippen LogP contribution in [0.15, 0.2) is 18.2 Å². The van der Waals surface area contributed by atoms with Crippen LogP contribution in [-0.4, -0.2) is 33.5 Å². The summed E-state index contributed by atoms with van der Waals surface area (Å²) in [6.45, 7) is 3.36. The van der Waals surface area contributed by atoms with E-state index in [1.807, 2.05) is 12.1 Å². The van der Waals surface area contributed by atoms with Gasteiger partial charge in [0.1, 0.15) is 0 Å². The van der Waals surface area contributed by atoms with Crippen LogP contribution in [0.1, 0.15) is 5.56 Å². The SMILES string of the molecule is COCCOCCNCc1cccc(Cl)c1Cl. The van der Waals surface area contributed by atoms with E-state index < -0.39 is 0 Å². The summed E-state index contributed by atoms with van der Waals surface area (Å²) < 4.78 is 10.2. The van der Waals surface area contributed by atoms with E-state index in [2.05, 4.69) is 5.32 Å². The van der Waals surface area contributed by atoms with Crippen molar-refractivity contribution in [3.05, 3.63) is 33.8 Å². The van der Waals surface area contributed by atoms with Crippen LogP contribution in [0, 0.1) is 0 Å². The Labute approximate surface area is 112 Å². The van der Waals surface area contributed by atoms with Gasteiger partial charge in [-0.3, -0.25) is 0 Å². The summed E-state index contributed by atoms with van der Waals surface area (Å²) in [4.78, 5) is 0. The molecule has 1 rings (SSSR count). The molecular weight excluding hydrogens is 261 g/mol. The molecule has 0 saturated carbocycles. The van der Waals surface area contributed by atoms with E-state index in [9.17, 15) is 0 Å². The van der Waals surface area contributed by atoms with Gasteiger partial charge in [-0.1, -0.05) is 35.3 Å². The first kappa shape index (κ1) is 14.7. The standard InChI is InChI=1S/C12H17Cl2NO2/c1-16-7-8-17-6-5-15-9-10-3-2-4-11(13)12(10)14/h2-4,15H,5-9H2,1H3. The Bertz CT molecular complexity index is 334. The number of hydrogen-bond acceptors (Lipinski definition) is 3. The molecule has 0 unspecified atom stereocenters. The number of nitrogens with one attached hydrogen (secondary N) is 1. The van der Waals surface area contributed by atoms with Crippen LogP contribution in [0.4, 0.5) is 0 Å². The minimum absolute atomic E-state index is 0.585. The first-order valence-electron chi connectivity index (χ1n) is 5.46. The second-order valence-corrected chi connectivity index (χ2v) is 4.28. The summed E-state index contributed by atoms with van der Waals surface area (Å²) in [5.74, 6) is 0. The van der Waals surface area contributed by atoms with E-state index >= 15 is 0 Å².